The molecule has 0 amide bonds. The SMILES string of the molecule is Cc1ccc[cH-]1.Cc1ccc[cH-]1.Cc1ccc[cH-]1.Cc1ccc[cH-]1.F[P-](F)(F)(F)(F)F.O=[N+]([O-])O.[C-]#N.[C-]#N.[C-]#N.[C-]#N.[C-]#[N+]c1cc(C)cc(C)c1.[C-]#[N+]c1ccc(C)cc1C.[C-]#[N+]c1ccc(C)cc1C.[C-]#[N+]c1ccc(C)cc1C.[Mn+2].[Mn+2].[Mn+2].[Mn+2].[Mn].[N-]=O.[N-]=O.[N-]=O.[N-]=O. The molecule has 96 heavy (non-hydrogen) atoms. The second-order valence-corrected chi connectivity index (χ2v) is 18.6. The Balaban J connectivity index is -0.0000000571. The van der Waals surface area contributed by atoms with E-state index in [4.69, 9.17) is 131 Å². The molecule has 0 aliphatic heterocycles. The van der Waals surface area contributed by atoms with Gasteiger partial charge in [-0.1, -0.05) is 128 Å². The molecule has 0 saturated carbocycles. The molecule has 8 aromatic carbocycles. The van der Waals surface area contributed by atoms with Crippen molar-refractivity contribution in [2.24, 2.45) is 0 Å². The van der Waals surface area contributed by atoms with Gasteiger partial charge in [0.25, 0.3) is 5.09 Å². The van der Waals surface area contributed by atoms with Crippen LogP contribution in [0, 0.1) is 186 Å². The minimum absolute atomic E-state index is 0. The van der Waals surface area contributed by atoms with E-state index < -0.39 is 12.9 Å². The average Bonchev–Trinajstić information content (AvgIpc) is 1.67. The van der Waals surface area contributed by atoms with Crippen LogP contribution in [0.25, 0.3) is 41.8 Å². The number of hydrogen-bond acceptors (Lipinski definition) is 10. The van der Waals surface area contributed by atoms with Gasteiger partial charge in [0.2, 0.25) is 0 Å². The van der Waals surface area contributed by atoms with Crippen molar-refractivity contribution in [3.05, 3.63) is 361 Å². The Kier molecular flexibility index (Phi) is 100. The zero-order valence-electron chi connectivity index (χ0n) is 53.5. The Morgan fingerprint density at radius 3 is 0.667 bits per heavy atom. The van der Waals surface area contributed by atoms with E-state index in [0.29, 0.717) is 0 Å². The summed E-state index contributed by atoms with van der Waals surface area (Å²) in [4.78, 5) is 50.8. The first kappa shape index (κ1) is 124. The summed E-state index contributed by atoms with van der Waals surface area (Å²) in [6.07, 6.45) is 0. The Morgan fingerprint density at radius 2 is 0.562 bits per heavy atom. The smallest absolute Gasteiger partial charge is 0.577 e. The summed E-state index contributed by atoms with van der Waals surface area (Å²) < 4.78 is 59.2. The summed E-state index contributed by atoms with van der Waals surface area (Å²) in [7, 11) is -10.7. The molecule has 1 N–H and O–H groups in total. The Bertz CT molecular complexity index is 3030. The number of benzene rings is 4. The maximum atomic E-state index is 9.87. The van der Waals surface area contributed by atoms with Gasteiger partial charge >= 0.3 is 101 Å². The van der Waals surface area contributed by atoms with Gasteiger partial charge in [0.05, 0.1) is 26.3 Å². The van der Waals surface area contributed by atoms with Crippen molar-refractivity contribution < 1.29 is 121 Å². The van der Waals surface area contributed by atoms with Gasteiger partial charge in [-0.2, -0.15) is 70.8 Å². The van der Waals surface area contributed by atoms with Crippen LogP contribution < -0.4 is 0 Å². The largest absolute Gasteiger partial charge is 2.00 e. The van der Waals surface area contributed by atoms with Gasteiger partial charge in [-0.15, -0.1) is 10.1 Å². The second-order valence-electron chi connectivity index (χ2n) is 16.7. The van der Waals surface area contributed by atoms with Crippen LogP contribution in [0.15, 0.2) is 170 Å². The van der Waals surface area contributed by atoms with E-state index in [0.717, 1.165) is 50.6 Å². The number of halogens is 6. The molecule has 0 spiro atoms. The van der Waals surface area contributed by atoms with Crippen molar-refractivity contribution in [3.63, 3.8) is 0 Å². The monoisotopic (exact) mass is 1550 g/mol. The van der Waals surface area contributed by atoms with E-state index in [9.17, 15) is 25.2 Å². The van der Waals surface area contributed by atoms with E-state index in [1.165, 1.54) is 38.9 Å². The standard InChI is InChI=1S/4C9H9N.4C6H7.4CN.F6P.5Mn.HNO3.4NO/c1-7-4-8(2)6-9(5-7)10-3;3*1-7-4-5-9(10-3)8(2)6-7;4*1-6-4-2-3-5-6;4*1-2;1-7(2,3,4,5)6;;;;;;2-1(3)4;4*1-2/h4*4-6H,1-2H3;4*2-5H,1H3;;;;;;;;;;;(H,2,3,4);;;;/q;;;;9*-1;;4*+2;;4*-1. The normalized spacial score (nSPS) is 8.10. The predicted octanol–water partition coefficient (Wildman–Crippen LogP) is 23.0. The zero-order valence-corrected chi connectivity index (χ0v) is 60.3. The molecule has 0 aromatic heterocycles. The van der Waals surface area contributed by atoms with E-state index in [1.54, 1.807) is 0 Å². The van der Waals surface area contributed by atoms with Crippen molar-refractivity contribution in [1.82, 2.24) is 0 Å². The maximum absolute atomic E-state index is 10.7. The number of nitrogens with zero attached hydrogens (tertiary/aromatic N) is 13. The van der Waals surface area contributed by atoms with Gasteiger partial charge < -0.3 is 94.5 Å². The van der Waals surface area contributed by atoms with Crippen LogP contribution in [0.3, 0.4) is 0 Å². The minimum atomic E-state index is -10.7. The first-order valence-corrected chi connectivity index (χ1v) is 26.3. The van der Waals surface area contributed by atoms with Gasteiger partial charge in [-0.05, 0) is 72.1 Å². The zero-order chi connectivity index (χ0) is 73.9. The van der Waals surface area contributed by atoms with Gasteiger partial charge in [0.1, 0.15) is 0 Å². The van der Waals surface area contributed by atoms with Crippen LogP contribution in [0.5, 0.6) is 0 Å². The fourth-order valence-corrected chi connectivity index (χ4v) is 5.69. The topological polar surface area (TPSA) is 333 Å². The van der Waals surface area contributed by atoms with Crippen molar-refractivity contribution in [3.8, 4) is 0 Å². The Hall–Kier alpha value is -9.59. The van der Waals surface area contributed by atoms with Crippen molar-refractivity contribution in [1.29, 1.82) is 21.0 Å². The molecule has 8 rings (SSSR count). The summed E-state index contributed by atoms with van der Waals surface area (Å²) in [5.41, 5.74) is 40.5. The quantitative estimate of drug-likeness (QED) is 0.0371. The molecule has 0 heterocycles. The van der Waals surface area contributed by atoms with Crippen molar-refractivity contribution in [2.75, 3.05) is 0 Å². The molecule has 20 nitrogen and oxygen atoms in total. The predicted molar refractivity (Wildman–Crippen MR) is 345 cm³/mol. The van der Waals surface area contributed by atoms with Gasteiger partial charge in [-0.25, -0.2) is 67.9 Å². The van der Waals surface area contributed by atoms with Gasteiger partial charge in [0, 0.05) is 17.1 Å². The molecule has 0 atom stereocenters. The van der Waals surface area contributed by atoms with Crippen LogP contribution >= 0.6 is 7.81 Å². The molecule has 8 aromatic rings. The molecule has 32 heteroatoms. The molecule has 515 valence electrons. The maximum Gasteiger partial charge on any atom is 2.00 e. The van der Waals surface area contributed by atoms with Crippen LogP contribution in [0.1, 0.15) is 66.8 Å². The minimum Gasteiger partial charge on any atom is -0.577 e. The second kappa shape index (κ2) is 77.9. The molecule has 0 aliphatic carbocycles. The fraction of sp³-hybridized carbons (Fsp3) is 0.188. The summed E-state index contributed by atoms with van der Waals surface area (Å²) >= 11 is 0. The molecule has 5 radical (unpaired) electrons. The molecular formula is C64H65F6Mn5N13O7P-5. The summed E-state index contributed by atoms with van der Waals surface area (Å²) in [6, 6.07) is 56.3. The third-order valence-electron chi connectivity index (χ3n) is 9.07. The van der Waals surface area contributed by atoms with Crippen LogP contribution in [0.4, 0.5) is 47.9 Å². The number of hydrogen-bond donors (Lipinski definition) is 1. The van der Waals surface area contributed by atoms with E-state index in [2.05, 4.69) is 102 Å². The third kappa shape index (κ3) is 98.0. The van der Waals surface area contributed by atoms with E-state index in [-0.39, 0.29) is 85.3 Å². The van der Waals surface area contributed by atoms with Crippen LogP contribution in [-0.4, -0.2) is 10.3 Å². The van der Waals surface area contributed by atoms with Gasteiger partial charge in [0.15, 0.2) is 22.7 Å². The first-order chi connectivity index (χ1) is 42.7. The van der Waals surface area contributed by atoms with Crippen LogP contribution in [0.2, 0.25) is 0 Å². The van der Waals surface area contributed by atoms with Gasteiger partial charge in [-0.3, -0.25) is 0 Å². The Labute approximate surface area is 611 Å². The third-order valence-corrected chi connectivity index (χ3v) is 9.07. The van der Waals surface area contributed by atoms with E-state index >= 15 is 0 Å². The van der Waals surface area contributed by atoms with E-state index in [1.807, 2.05) is 171 Å². The summed E-state index contributed by atoms with van der Waals surface area (Å²) in [5, 5.41) is 38.6. The average molecular weight is 1550 g/mol. The number of nitroso groups, excluding NO2 is 4. The van der Waals surface area contributed by atoms with Crippen LogP contribution in [-0.2, 0) is 85.3 Å². The molecule has 0 bridgehead atoms. The summed E-state index contributed by atoms with van der Waals surface area (Å²) in [5.74, 6) is 0. The number of aryl methyl sites for hydroxylation is 12. The summed E-state index contributed by atoms with van der Waals surface area (Å²) in [6.45, 7) is 70.4. The van der Waals surface area contributed by atoms with Crippen molar-refractivity contribution >= 4 is 30.6 Å². The first-order valence-electron chi connectivity index (χ1n) is 24.2. The molecule has 0 saturated heterocycles. The molecule has 0 fully saturated rings. The Morgan fingerprint density at radius 1 is 0.385 bits per heavy atom. The molecule has 0 aliphatic rings. The molecular weight excluding hydrogens is 1480 g/mol. The molecule has 0 unspecified atom stereocenters. The number of rotatable bonds is 0. The fourth-order valence-electron chi connectivity index (χ4n) is 5.69. The van der Waals surface area contributed by atoms with Crippen molar-refractivity contribution in [2.45, 2.75) is 83.1 Å².